The maximum Gasteiger partial charge on any atom is 0.255 e. The Morgan fingerprint density at radius 2 is 1.96 bits per heavy atom. The number of aromatic nitrogens is 2. The molecule has 2 bridgehead atoms. The predicted octanol–water partition coefficient (Wildman–Crippen LogP) is 1.79. The standard InChI is InChI=1S/C20H25N5O2/c1-15-8-9-16(13-23-15)20(27)25-12-3-2-5-17-6-4-7-18(24-17)21-10-11-22-19(26)14-25/h4,6-9,13H,2-3,5,10-12,14H2,1H3,(H,21,24)(H,22,26). The van der Waals surface area contributed by atoms with Crippen LogP contribution in [0, 0.1) is 6.92 Å². The fraction of sp³-hybridized carbons (Fsp3) is 0.400. The fourth-order valence-electron chi connectivity index (χ4n) is 2.98. The molecule has 2 N–H and O–H groups in total. The molecule has 0 saturated heterocycles. The molecule has 0 fully saturated rings. The molecule has 0 radical (unpaired) electrons. The number of hydrogen-bond acceptors (Lipinski definition) is 5. The Balaban J connectivity index is 1.70. The highest BCUT2D eigenvalue weighted by Gasteiger charge is 2.19. The third-order valence-electron chi connectivity index (χ3n) is 4.45. The van der Waals surface area contributed by atoms with E-state index in [1.54, 1.807) is 17.2 Å². The molecule has 0 atom stereocenters. The second-order valence-corrected chi connectivity index (χ2v) is 6.66. The Bertz CT molecular complexity index is 791. The topological polar surface area (TPSA) is 87.2 Å². The molecule has 0 spiro atoms. The van der Waals surface area contributed by atoms with E-state index in [1.807, 2.05) is 31.2 Å². The molecular weight excluding hydrogens is 342 g/mol. The number of hydrogen-bond donors (Lipinski definition) is 2. The van der Waals surface area contributed by atoms with Gasteiger partial charge in [0.15, 0.2) is 0 Å². The van der Waals surface area contributed by atoms with E-state index in [2.05, 4.69) is 20.6 Å². The van der Waals surface area contributed by atoms with Gasteiger partial charge in [0.2, 0.25) is 5.91 Å². The van der Waals surface area contributed by atoms with Crippen LogP contribution in [-0.2, 0) is 11.2 Å². The zero-order valence-corrected chi connectivity index (χ0v) is 15.6. The minimum absolute atomic E-state index is 0.0518. The molecule has 1 aliphatic rings. The number of anilines is 1. The van der Waals surface area contributed by atoms with Crippen LogP contribution in [0.2, 0.25) is 0 Å². The number of nitrogens with one attached hydrogen (secondary N) is 2. The van der Waals surface area contributed by atoms with Gasteiger partial charge in [0.05, 0.1) is 12.1 Å². The van der Waals surface area contributed by atoms with Crippen LogP contribution in [0.1, 0.15) is 34.6 Å². The van der Waals surface area contributed by atoms with Gasteiger partial charge < -0.3 is 15.5 Å². The first-order valence-electron chi connectivity index (χ1n) is 9.30. The van der Waals surface area contributed by atoms with Crippen LogP contribution < -0.4 is 10.6 Å². The van der Waals surface area contributed by atoms with E-state index >= 15 is 0 Å². The molecule has 0 aromatic carbocycles. The van der Waals surface area contributed by atoms with Crippen LogP contribution in [0.3, 0.4) is 0 Å². The van der Waals surface area contributed by atoms with Crippen molar-refractivity contribution in [2.75, 3.05) is 31.5 Å². The fourth-order valence-corrected chi connectivity index (χ4v) is 2.98. The first-order valence-corrected chi connectivity index (χ1v) is 9.30. The summed E-state index contributed by atoms with van der Waals surface area (Å²) in [6, 6.07) is 9.48. The average molecular weight is 367 g/mol. The summed E-state index contributed by atoms with van der Waals surface area (Å²) in [5.74, 6) is 0.495. The maximum atomic E-state index is 12.8. The Morgan fingerprint density at radius 3 is 2.78 bits per heavy atom. The molecule has 2 aromatic heterocycles. The molecular formula is C20H25N5O2. The Morgan fingerprint density at radius 1 is 1.11 bits per heavy atom. The van der Waals surface area contributed by atoms with Crippen molar-refractivity contribution >= 4 is 17.6 Å². The summed E-state index contributed by atoms with van der Waals surface area (Å²) >= 11 is 0. The van der Waals surface area contributed by atoms with E-state index in [1.165, 1.54) is 0 Å². The minimum atomic E-state index is -0.164. The highest BCUT2D eigenvalue weighted by Crippen LogP contribution is 2.10. The van der Waals surface area contributed by atoms with Gasteiger partial charge in [-0.1, -0.05) is 6.07 Å². The van der Waals surface area contributed by atoms with Crippen LogP contribution in [-0.4, -0.2) is 52.9 Å². The normalized spacial score (nSPS) is 16.0. The van der Waals surface area contributed by atoms with Crippen molar-refractivity contribution in [2.24, 2.45) is 0 Å². The number of rotatable bonds is 1. The van der Waals surface area contributed by atoms with Crippen molar-refractivity contribution < 1.29 is 9.59 Å². The Kier molecular flexibility index (Phi) is 6.35. The third kappa shape index (κ3) is 5.51. The Labute approximate surface area is 159 Å². The number of amides is 2. The van der Waals surface area contributed by atoms with Gasteiger partial charge in [-0.25, -0.2) is 4.98 Å². The van der Waals surface area contributed by atoms with E-state index in [-0.39, 0.29) is 18.4 Å². The molecule has 7 nitrogen and oxygen atoms in total. The lowest BCUT2D eigenvalue weighted by Crippen LogP contribution is -2.42. The van der Waals surface area contributed by atoms with E-state index < -0.39 is 0 Å². The Hall–Kier alpha value is -2.96. The van der Waals surface area contributed by atoms with Gasteiger partial charge >= 0.3 is 0 Å². The van der Waals surface area contributed by atoms with Crippen LogP contribution in [0.4, 0.5) is 5.82 Å². The van der Waals surface area contributed by atoms with E-state index in [4.69, 9.17) is 0 Å². The van der Waals surface area contributed by atoms with Crippen molar-refractivity contribution in [2.45, 2.75) is 26.2 Å². The second-order valence-electron chi connectivity index (χ2n) is 6.66. The summed E-state index contributed by atoms with van der Waals surface area (Å²) < 4.78 is 0. The van der Waals surface area contributed by atoms with Crippen LogP contribution >= 0.6 is 0 Å². The van der Waals surface area contributed by atoms with Gasteiger partial charge in [-0.15, -0.1) is 0 Å². The van der Waals surface area contributed by atoms with Crippen molar-refractivity contribution in [1.29, 1.82) is 0 Å². The molecule has 142 valence electrons. The molecule has 0 unspecified atom stereocenters. The number of carbonyl (C=O) groups is 2. The van der Waals surface area contributed by atoms with Crippen LogP contribution in [0.25, 0.3) is 0 Å². The molecule has 7 heteroatoms. The smallest absolute Gasteiger partial charge is 0.255 e. The summed E-state index contributed by atoms with van der Waals surface area (Å²) in [6.45, 7) is 3.51. The number of pyridine rings is 2. The summed E-state index contributed by atoms with van der Waals surface area (Å²) in [4.78, 5) is 35.5. The van der Waals surface area contributed by atoms with Gasteiger partial charge in [0.1, 0.15) is 5.82 Å². The summed E-state index contributed by atoms with van der Waals surface area (Å²) in [5.41, 5.74) is 2.39. The van der Waals surface area contributed by atoms with E-state index in [0.717, 1.165) is 36.5 Å². The van der Waals surface area contributed by atoms with E-state index in [9.17, 15) is 9.59 Å². The van der Waals surface area contributed by atoms with Crippen molar-refractivity contribution in [3.8, 4) is 0 Å². The summed E-state index contributed by atoms with van der Waals surface area (Å²) in [5, 5.41) is 6.06. The molecule has 3 rings (SSSR count). The molecule has 0 aliphatic carbocycles. The first-order chi connectivity index (χ1) is 13.1. The lowest BCUT2D eigenvalue weighted by molar-refractivity contribution is -0.121. The molecule has 0 saturated carbocycles. The molecule has 27 heavy (non-hydrogen) atoms. The van der Waals surface area contributed by atoms with E-state index in [0.29, 0.717) is 25.2 Å². The number of carbonyl (C=O) groups excluding carboxylic acids is 2. The highest BCUT2D eigenvalue weighted by atomic mass is 16.2. The number of fused-ring (bicyclic) bond motifs is 2. The summed E-state index contributed by atoms with van der Waals surface area (Å²) in [6.07, 6.45) is 4.11. The average Bonchev–Trinajstić information content (AvgIpc) is 2.67. The predicted molar refractivity (Wildman–Crippen MR) is 104 cm³/mol. The second kappa shape index (κ2) is 9.12. The number of nitrogens with zero attached hydrogens (tertiary/aromatic N) is 3. The molecule has 2 amide bonds. The van der Waals surface area contributed by atoms with Crippen LogP contribution in [0.15, 0.2) is 36.5 Å². The van der Waals surface area contributed by atoms with Gasteiger partial charge in [-0.3, -0.25) is 14.6 Å². The van der Waals surface area contributed by atoms with Gasteiger partial charge in [0, 0.05) is 37.2 Å². The van der Waals surface area contributed by atoms with Crippen LogP contribution in [0.5, 0.6) is 0 Å². The monoisotopic (exact) mass is 367 g/mol. The van der Waals surface area contributed by atoms with Crippen molar-refractivity contribution in [3.63, 3.8) is 0 Å². The summed E-state index contributed by atoms with van der Waals surface area (Å²) in [7, 11) is 0. The lowest BCUT2D eigenvalue weighted by Gasteiger charge is -2.22. The van der Waals surface area contributed by atoms with Gasteiger partial charge in [-0.05, 0) is 50.5 Å². The zero-order chi connectivity index (χ0) is 19.1. The number of aryl methyl sites for hydroxylation is 2. The van der Waals surface area contributed by atoms with Crippen molar-refractivity contribution in [1.82, 2.24) is 20.2 Å². The molecule has 3 heterocycles. The third-order valence-corrected chi connectivity index (χ3v) is 4.45. The largest absolute Gasteiger partial charge is 0.368 e. The zero-order valence-electron chi connectivity index (χ0n) is 15.6. The first kappa shape index (κ1) is 18.8. The highest BCUT2D eigenvalue weighted by molar-refractivity contribution is 5.96. The van der Waals surface area contributed by atoms with Gasteiger partial charge in [-0.2, -0.15) is 0 Å². The minimum Gasteiger partial charge on any atom is -0.368 e. The van der Waals surface area contributed by atoms with Gasteiger partial charge in [0.25, 0.3) is 5.91 Å². The maximum absolute atomic E-state index is 12.8. The molecule has 2 aromatic rings. The molecule has 1 aliphatic heterocycles. The lowest BCUT2D eigenvalue weighted by atomic mass is 10.1. The SMILES string of the molecule is Cc1ccc(C(=O)N2CCCCc3cccc(n3)NCCNC(=O)C2)cn1. The quantitative estimate of drug-likeness (QED) is 0.802. The van der Waals surface area contributed by atoms with Crippen molar-refractivity contribution in [3.05, 3.63) is 53.5 Å².